The van der Waals surface area contributed by atoms with Crippen molar-refractivity contribution < 1.29 is 19.1 Å². The summed E-state index contributed by atoms with van der Waals surface area (Å²) in [4.78, 5) is 30.5. The molecule has 1 N–H and O–H groups in total. The Balaban J connectivity index is 1.50. The average Bonchev–Trinajstić information content (AvgIpc) is 2.71. The van der Waals surface area contributed by atoms with Crippen LogP contribution in [-0.2, 0) is 14.3 Å². The molecule has 1 saturated carbocycles. The minimum absolute atomic E-state index is 0.168. The van der Waals surface area contributed by atoms with Crippen molar-refractivity contribution in [3.8, 4) is 0 Å². The van der Waals surface area contributed by atoms with Gasteiger partial charge in [0.15, 0.2) is 0 Å². The molecule has 3 aliphatic rings. The molecule has 2 aliphatic heterocycles. The van der Waals surface area contributed by atoms with Crippen molar-refractivity contribution in [1.82, 2.24) is 15.1 Å². The largest absolute Gasteiger partial charge is 0.444 e. The Kier molecular flexibility index (Phi) is 8.25. The SMILES string of the molecule is CC(C)(C)OC(=O)N[C@@]1(C)CCCC[C@@H]1C(=O)N1CCC(CCN2CCOCC2)CC1. The summed E-state index contributed by atoms with van der Waals surface area (Å²) in [7, 11) is 0. The molecule has 7 heteroatoms. The van der Waals surface area contributed by atoms with Crippen LogP contribution in [-0.4, -0.2) is 78.9 Å². The van der Waals surface area contributed by atoms with E-state index in [0.29, 0.717) is 5.92 Å². The number of alkyl carbamates (subject to hydrolysis) is 1. The number of piperidine rings is 1. The first-order valence-electron chi connectivity index (χ1n) is 12.3. The van der Waals surface area contributed by atoms with Crippen LogP contribution in [0.5, 0.6) is 0 Å². The zero-order chi connectivity index (χ0) is 22.5. The number of rotatable bonds is 5. The van der Waals surface area contributed by atoms with E-state index in [0.717, 1.165) is 84.5 Å². The molecule has 0 radical (unpaired) electrons. The van der Waals surface area contributed by atoms with Crippen LogP contribution in [0.15, 0.2) is 0 Å². The average molecular weight is 438 g/mol. The third-order valence-electron chi connectivity index (χ3n) is 7.18. The summed E-state index contributed by atoms with van der Waals surface area (Å²) < 4.78 is 10.9. The second-order valence-electron chi connectivity index (χ2n) is 10.9. The number of likely N-dealkylation sites (tertiary alicyclic amines) is 1. The molecule has 0 bridgehead atoms. The fourth-order valence-electron chi connectivity index (χ4n) is 5.27. The van der Waals surface area contributed by atoms with E-state index in [2.05, 4.69) is 15.1 Å². The Labute approximate surface area is 188 Å². The molecule has 0 aromatic heterocycles. The lowest BCUT2D eigenvalue weighted by atomic mass is 9.73. The molecular formula is C24H43N3O4. The van der Waals surface area contributed by atoms with Gasteiger partial charge in [-0.1, -0.05) is 12.8 Å². The molecule has 2 saturated heterocycles. The Hall–Kier alpha value is -1.34. The zero-order valence-electron chi connectivity index (χ0n) is 20.1. The smallest absolute Gasteiger partial charge is 0.408 e. The number of nitrogens with zero attached hydrogens (tertiary/aromatic N) is 2. The Morgan fingerprint density at radius 3 is 2.39 bits per heavy atom. The molecule has 0 spiro atoms. The quantitative estimate of drug-likeness (QED) is 0.714. The van der Waals surface area contributed by atoms with Crippen molar-refractivity contribution in [3.05, 3.63) is 0 Å². The number of carbonyl (C=O) groups excluding carboxylic acids is 2. The Morgan fingerprint density at radius 1 is 1.06 bits per heavy atom. The van der Waals surface area contributed by atoms with E-state index in [1.807, 2.05) is 27.7 Å². The third kappa shape index (κ3) is 7.07. The van der Waals surface area contributed by atoms with E-state index in [1.165, 1.54) is 6.42 Å². The summed E-state index contributed by atoms with van der Waals surface area (Å²) in [6, 6.07) is 0. The number of morpholine rings is 1. The van der Waals surface area contributed by atoms with Crippen LogP contribution in [0.25, 0.3) is 0 Å². The number of ether oxygens (including phenoxy) is 2. The van der Waals surface area contributed by atoms with Gasteiger partial charge in [0.1, 0.15) is 5.60 Å². The van der Waals surface area contributed by atoms with Gasteiger partial charge in [0.25, 0.3) is 0 Å². The van der Waals surface area contributed by atoms with Gasteiger partial charge in [-0.3, -0.25) is 9.69 Å². The van der Waals surface area contributed by atoms with E-state index >= 15 is 0 Å². The summed E-state index contributed by atoms with van der Waals surface area (Å²) in [5.74, 6) is 0.744. The number of carbonyl (C=O) groups is 2. The van der Waals surface area contributed by atoms with Gasteiger partial charge in [0.05, 0.1) is 24.7 Å². The van der Waals surface area contributed by atoms with Crippen LogP contribution >= 0.6 is 0 Å². The normalized spacial score (nSPS) is 28.9. The van der Waals surface area contributed by atoms with Gasteiger partial charge in [-0.05, 0) is 72.3 Å². The van der Waals surface area contributed by atoms with Gasteiger partial charge in [0.2, 0.25) is 5.91 Å². The first kappa shape index (κ1) is 24.3. The fourth-order valence-corrected chi connectivity index (χ4v) is 5.27. The maximum Gasteiger partial charge on any atom is 0.408 e. The van der Waals surface area contributed by atoms with E-state index in [1.54, 1.807) is 0 Å². The highest BCUT2D eigenvalue weighted by atomic mass is 16.6. The number of amides is 2. The number of hydrogen-bond acceptors (Lipinski definition) is 5. The van der Waals surface area contributed by atoms with Crippen molar-refractivity contribution in [3.63, 3.8) is 0 Å². The molecule has 2 heterocycles. The molecule has 0 unspecified atom stereocenters. The van der Waals surface area contributed by atoms with E-state index in [-0.39, 0.29) is 11.8 Å². The third-order valence-corrected chi connectivity index (χ3v) is 7.18. The zero-order valence-corrected chi connectivity index (χ0v) is 20.1. The first-order valence-corrected chi connectivity index (χ1v) is 12.3. The van der Waals surface area contributed by atoms with Crippen molar-refractivity contribution >= 4 is 12.0 Å². The highest BCUT2D eigenvalue weighted by molar-refractivity contribution is 5.81. The van der Waals surface area contributed by atoms with E-state index < -0.39 is 17.2 Å². The van der Waals surface area contributed by atoms with Crippen LogP contribution in [0, 0.1) is 11.8 Å². The highest BCUT2D eigenvalue weighted by Crippen LogP contribution is 2.36. The maximum absolute atomic E-state index is 13.5. The van der Waals surface area contributed by atoms with Crippen LogP contribution in [0.1, 0.15) is 72.6 Å². The summed E-state index contributed by atoms with van der Waals surface area (Å²) in [6.07, 6.45) is 6.68. The van der Waals surface area contributed by atoms with Gasteiger partial charge in [-0.15, -0.1) is 0 Å². The lowest BCUT2D eigenvalue weighted by Gasteiger charge is -2.44. The maximum atomic E-state index is 13.5. The van der Waals surface area contributed by atoms with Gasteiger partial charge < -0.3 is 19.7 Å². The number of hydrogen-bond donors (Lipinski definition) is 1. The van der Waals surface area contributed by atoms with Gasteiger partial charge in [0, 0.05) is 26.2 Å². The lowest BCUT2D eigenvalue weighted by Crippen LogP contribution is -2.59. The topological polar surface area (TPSA) is 71.1 Å². The molecule has 7 nitrogen and oxygen atoms in total. The molecule has 31 heavy (non-hydrogen) atoms. The highest BCUT2D eigenvalue weighted by Gasteiger charge is 2.44. The monoisotopic (exact) mass is 437 g/mol. The van der Waals surface area contributed by atoms with Gasteiger partial charge in [-0.2, -0.15) is 0 Å². The van der Waals surface area contributed by atoms with Crippen molar-refractivity contribution in [2.24, 2.45) is 11.8 Å². The Morgan fingerprint density at radius 2 is 1.74 bits per heavy atom. The first-order chi connectivity index (χ1) is 14.7. The van der Waals surface area contributed by atoms with Crippen molar-refractivity contribution in [1.29, 1.82) is 0 Å². The van der Waals surface area contributed by atoms with Crippen molar-refractivity contribution in [2.45, 2.75) is 83.8 Å². The van der Waals surface area contributed by atoms with Gasteiger partial charge >= 0.3 is 6.09 Å². The lowest BCUT2D eigenvalue weighted by molar-refractivity contribution is -0.141. The van der Waals surface area contributed by atoms with Gasteiger partial charge in [-0.25, -0.2) is 4.79 Å². The van der Waals surface area contributed by atoms with Crippen LogP contribution in [0.3, 0.4) is 0 Å². The summed E-state index contributed by atoms with van der Waals surface area (Å²) in [5.41, 5.74) is -1.08. The predicted octanol–water partition coefficient (Wildman–Crippen LogP) is 3.42. The standard InChI is InChI=1S/C24H43N3O4/c1-23(2,3)31-22(29)25-24(4)11-6-5-7-20(24)21(28)27-13-9-19(10-14-27)8-12-26-15-17-30-18-16-26/h19-20H,5-18H2,1-4H3,(H,25,29)/t20-,24+/m1/s1. The number of nitrogens with one attached hydrogen (secondary N) is 1. The second-order valence-corrected chi connectivity index (χ2v) is 10.9. The van der Waals surface area contributed by atoms with E-state index in [4.69, 9.17) is 9.47 Å². The van der Waals surface area contributed by atoms with Crippen molar-refractivity contribution in [2.75, 3.05) is 45.9 Å². The Bertz CT molecular complexity index is 606. The summed E-state index contributed by atoms with van der Waals surface area (Å²) >= 11 is 0. The molecule has 2 atom stereocenters. The summed E-state index contributed by atoms with van der Waals surface area (Å²) in [5, 5.41) is 3.06. The minimum atomic E-state index is -0.544. The van der Waals surface area contributed by atoms with Crippen LogP contribution < -0.4 is 5.32 Å². The molecule has 0 aromatic carbocycles. The predicted molar refractivity (Wildman–Crippen MR) is 121 cm³/mol. The molecular weight excluding hydrogens is 394 g/mol. The fraction of sp³-hybridized carbons (Fsp3) is 0.917. The second kappa shape index (κ2) is 10.5. The molecule has 178 valence electrons. The molecule has 3 rings (SSSR count). The molecule has 0 aromatic rings. The molecule has 2 amide bonds. The molecule has 3 fully saturated rings. The minimum Gasteiger partial charge on any atom is -0.444 e. The van der Waals surface area contributed by atoms with Crippen LogP contribution in [0.4, 0.5) is 4.79 Å². The van der Waals surface area contributed by atoms with Crippen LogP contribution in [0.2, 0.25) is 0 Å². The van der Waals surface area contributed by atoms with E-state index in [9.17, 15) is 9.59 Å². The summed E-state index contributed by atoms with van der Waals surface area (Å²) in [6.45, 7) is 14.2. The molecule has 1 aliphatic carbocycles.